The highest BCUT2D eigenvalue weighted by Crippen LogP contribution is 2.35. The summed E-state index contributed by atoms with van der Waals surface area (Å²) in [6.45, 7) is 10.2. The van der Waals surface area contributed by atoms with Gasteiger partial charge in [-0.15, -0.1) is 0 Å². The molecule has 0 bridgehead atoms. The van der Waals surface area contributed by atoms with Gasteiger partial charge in [-0.25, -0.2) is 0 Å². The minimum Gasteiger partial charge on any atom is -0.493 e. The maximum Gasteiger partial charge on any atom is 0.122 e. The monoisotopic (exact) mass is 440 g/mol. The number of unbranched alkanes of at least 4 members (excludes halogenated alkanes) is 6. The zero-order valence-corrected chi connectivity index (χ0v) is 20.8. The molecular weight excluding hydrogens is 396 g/mol. The van der Waals surface area contributed by atoms with Gasteiger partial charge >= 0.3 is 0 Å². The molecule has 0 saturated carbocycles. The zero-order chi connectivity index (χ0) is 23.2. The highest BCUT2D eigenvalue weighted by atomic mass is 16.5. The van der Waals surface area contributed by atoms with E-state index in [0.29, 0.717) is 0 Å². The van der Waals surface area contributed by atoms with Crippen LogP contribution in [0.4, 0.5) is 0 Å². The van der Waals surface area contributed by atoms with Crippen LogP contribution in [-0.2, 0) is 12.8 Å². The molecule has 0 saturated heterocycles. The van der Waals surface area contributed by atoms with E-state index in [9.17, 15) is 5.11 Å². The van der Waals surface area contributed by atoms with E-state index in [4.69, 9.17) is 9.47 Å². The average molecular weight is 441 g/mol. The number of hydrogen-bond acceptors (Lipinski definition) is 3. The summed E-state index contributed by atoms with van der Waals surface area (Å²) in [6.07, 6.45) is 10.5. The van der Waals surface area contributed by atoms with Crippen LogP contribution in [0.2, 0.25) is 0 Å². The summed E-state index contributed by atoms with van der Waals surface area (Å²) in [5, 5.41) is 11.4. The third kappa shape index (κ3) is 7.55. The van der Waals surface area contributed by atoms with Crippen LogP contribution in [0.5, 0.6) is 11.5 Å². The Morgan fingerprint density at radius 1 is 0.625 bits per heavy atom. The smallest absolute Gasteiger partial charge is 0.122 e. The van der Waals surface area contributed by atoms with Gasteiger partial charge in [-0.3, -0.25) is 0 Å². The number of hydrogen-bond donors (Lipinski definition) is 1. The van der Waals surface area contributed by atoms with E-state index in [1.165, 1.54) is 38.5 Å². The molecule has 0 spiro atoms. The van der Waals surface area contributed by atoms with Gasteiger partial charge in [0.25, 0.3) is 0 Å². The molecule has 3 heteroatoms. The molecule has 0 amide bonds. The third-order valence-electron chi connectivity index (χ3n) is 6.15. The van der Waals surface area contributed by atoms with Crippen molar-refractivity contribution in [1.82, 2.24) is 0 Å². The molecule has 0 aliphatic carbocycles. The Bertz CT molecular complexity index is 718. The van der Waals surface area contributed by atoms with Gasteiger partial charge in [0.05, 0.1) is 13.2 Å². The standard InChI is InChI=1S/C29H44O3/c1-5-9-11-13-21-31-27-19-15-17-25(23(27)7-3)29(30)26-18-16-20-28(24(26)8-4)32-22-14-12-10-6-2/h15-20,29-30H,5-14,21-22H2,1-4H3. The number of benzene rings is 2. The van der Waals surface area contributed by atoms with Crippen LogP contribution in [0, 0.1) is 0 Å². The van der Waals surface area contributed by atoms with Gasteiger partial charge in [0.2, 0.25) is 0 Å². The molecule has 32 heavy (non-hydrogen) atoms. The lowest BCUT2D eigenvalue weighted by Crippen LogP contribution is -2.10. The fourth-order valence-electron chi connectivity index (χ4n) is 4.29. The topological polar surface area (TPSA) is 38.7 Å². The summed E-state index contributed by atoms with van der Waals surface area (Å²) in [6, 6.07) is 12.1. The van der Waals surface area contributed by atoms with Gasteiger partial charge in [-0.05, 0) is 60.1 Å². The lowest BCUT2D eigenvalue weighted by Gasteiger charge is -2.22. The molecule has 3 nitrogen and oxygen atoms in total. The number of aliphatic hydroxyl groups is 1. The quantitative estimate of drug-likeness (QED) is 0.270. The number of rotatable bonds is 16. The van der Waals surface area contributed by atoms with E-state index in [1.54, 1.807) is 0 Å². The van der Waals surface area contributed by atoms with E-state index in [1.807, 2.05) is 36.4 Å². The van der Waals surface area contributed by atoms with Crippen molar-refractivity contribution in [2.45, 2.75) is 98.0 Å². The fourth-order valence-corrected chi connectivity index (χ4v) is 4.29. The molecule has 178 valence electrons. The predicted molar refractivity (Wildman–Crippen MR) is 135 cm³/mol. The minimum absolute atomic E-state index is 0.688. The van der Waals surface area contributed by atoms with Crippen molar-refractivity contribution in [1.29, 1.82) is 0 Å². The Labute approximate surface area is 196 Å². The minimum atomic E-state index is -0.688. The summed E-state index contributed by atoms with van der Waals surface area (Å²) in [5.41, 5.74) is 4.08. The van der Waals surface area contributed by atoms with Crippen molar-refractivity contribution in [2.24, 2.45) is 0 Å². The van der Waals surface area contributed by atoms with Crippen LogP contribution < -0.4 is 9.47 Å². The van der Waals surface area contributed by atoms with Crippen LogP contribution >= 0.6 is 0 Å². The van der Waals surface area contributed by atoms with Crippen LogP contribution in [0.1, 0.15) is 107 Å². The van der Waals surface area contributed by atoms with Gasteiger partial charge in [0.15, 0.2) is 0 Å². The van der Waals surface area contributed by atoms with Crippen LogP contribution in [0.3, 0.4) is 0 Å². The van der Waals surface area contributed by atoms with Crippen molar-refractivity contribution >= 4 is 0 Å². The fraction of sp³-hybridized carbons (Fsp3) is 0.586. The van der Waals surface area contributed by atoms with E-state index in [0.717, 1.165) is 72.6 Å². The molecule has 0 fully saturated rings. The molecule has 1 N–H and O–H groups in total. The van der Waals surface area contributed by atoms with Gasteiger partial charge in [-0.1, -0.05) is 90.5 Å². The first-order chi connectivity index (χ1) is 15.7. The SMILES string of the molecule is CCCCCCOc1cccc(C(O)c2cccc(OCCCCCC)c2CC)c1CC. The van der Waals surface area contributed by atoms with Crippen LogP contribution in [0.15, 0.2) is 36.4 Å². The second kappa shape index (κ2) is 14.9. The molecule has 0 aliphatic rings. The molecule has 0 unspecified atom stereocenters. The van der Waals surface area contributed by atoms with E-state index < -0.39 is 6.10 Å². The Morgan fingerprint density at radius 3 is 1.44 bits per heavy atom. The first kappa shape index (κ1) is 26.3. The summed E-state index contributed by atoms with van der Waals surface area (Å²) >= 11 is 0. The highest BCUT2D eigenvalue weighted by Gasteiger charge is 2.21. The maximum absolute atomic E-state index is 11.4. The van der Waals surface area contributed by atoms with Crippen LogP contribution in [0.25, 0.3) is 0 Å². The van der Waals surface area contributed by atoms with E-state index >= 15 is 0 Å². The second-order valence-corrected chi connectivity index (χ2v) is 8.58. The van der Waals surface area contributed by atoms with Gasteiger partial charge < -0.3 is 14.6 Å². The first-order valence-corrected chi connectivity index (χ1v) is 12.8. The molecule has 2 rings (SSSR count). The summed E-state index contributed by atoms with van der Waals surface area (Å²) in [4.78, 5) is 0. The third-order valence-corrected chi connectivity index (χ3v) is 6.15. The first-order valence-electron chi connectivity index (χ1n) is 12.8. The van der Waals surface area contributed by atoms with Crippen molar-refractivity contribution < 1.29 is 14.6 Å². The van der Waals surface area contributed by atoms with Crippen molar-refractivity contribution in [2.75, 3.05) is 13.2 Å². The zero-order valence-electron chi connectivity index (χ0n) is 20.8. The Hall–Kier alpha value is -2.00. The molecule has 0 atom stereocenters. The molecular formula is C29H44O3. The number of ether oxygens (including phenoxy) is 2. The molecule has 0 radical (unpaired) electrons. The largest absolute Gasteiger partial charge is 0.493 e. The lowest BCUT2D eigenvalue weighted by molar-refractivity contribution is 0.215. The predicted octanol–water partition coefficient (Wildman–Crippen LogP) is 7.81. The number of aliphatic hydroxyl groups excluding tert-OH is 1. The molecule has 2 aromatic rings. The molecule has 0 aromatic heterocycles. The average Bonchev–Trinajstić information content (AvgIpc) is 2.82. The van der Waals surface area contributed by atoms with Gasteiger partial charge in [0, 0.05) is 0 Å². The molecule has 0 aliphatic heterocycles. The van der Waals surface area contributed by atoms with Gasteiger partial charge in [-0.2, -0.15) is 0 Å². The lowest BCUT2D eigenvalue weighted by atomic mass is 9.91. The highest BCUT2D eigenvalue weighted by molar-refractivity contribution is 5.49. The second-order valence-electron chi connectivity index (χ2n) is 8.58. The maximum atomic E-state index is 11.4. The molecule has 2 aromatic carbocycles. The summed E-state index contributed by atoms with van der Waals surface area (Å²) in [7, 11) is 0. The molecule has 0 heterocycles. The van der Waals surface area contributed by atoms with Crippen molar-refractivity contribution in [3.8, 4) is 11.5 Å². The Morgan fingerprint density at radius 2 is 1.06 bits per heavy atom. The van der Waals surface area contributed by atoms with Crippen molar-refractivity contribution in [3.05, 3.63) is 58.7 Å². The Balaban J connectivity index is 2.19. The van der Waals surface area contributed by atoms with E-state index in [-0.39, 0.29) is 0 Å². The van der Waals surface area contributed by atoms with E-state index in [2.05, 4.69) is 27.7 Å². The van der Waals surface area contributed by atoms with Crippen molar-refractivity contribution in [3.63, 3.8) is 0 Å². The summed E-state index contributed by atoms with van der Waals surface area (Å²) < 4.78 is 12.3. The van der Waals surface area contributed by atoms with Crippen LogP contribution in [-0.4, -0.2) is 18.3 Å². The summed E-state index contributed by atoms with van der Waals surface area (Å²) in [5.74, 6) is 1.81. The van der Waals surface area contributed by atoms with Gasteiger partial charge in [0.1, 0.15) is 17.6 Å². The normalized spacial score (nSPS) is 11.2. The Kier molecular flexibility index (Phi) is 12.3.